The Hall–Kier alpha value is -2.40. The zero-order valence-corrected chi connectivity index (χ0v) is 35.5. The maximum absolute atomic E-state index is 12.1. The SMILES string of the molecule is CC/C=C\C/C=C\C/C=C\C/C=C\CCC(=O)OC(CO)COC(=O)CCCCCCCCCCCCCCCCC/C=C\CCCCCCCCCC. The molecule has 0 aliphatic carbocycles. The van der Waals surface area contributed by atoms with Gasteiger partial charge in [-0.25, -0.2) is 0 Å². The standard InChI is InChI=1S/C49H86O5/c1-3-5-7-9-11-13-15-17-18-19-20-21-22-23-24-25-26-27-28-29-30-32-33-35-37-39-41-43-48(51)53-46-47(45-50)54-49(52)44-42-40-38-36-34-31-16-14-12-10-8-6-4-2/h6,8,12,14,19-20,31,34,38,40,47,50H,3-5,7,9-11,13,15-18,21-30,32-33,35-37,39,41-46H2,1-2H3/b8-6-,14-12-,20-19-,34-31-,40-38-. The number of allylic oxidation sites excluding steroid dienone is 10. The van der Waals surface area contributed by atoms with Crippen LogP contribution >= 0.6 is 0 Å². The van der Waals surface area contributed by atoms with Crippen LogP contribution in [0, 0.1) is 0 Å². The van der Waals surface area contributed by atoms with Gasteiger partial charge in [0, 0.05) is 12.8 Å². The van der Waals surface area contributed by atoms with E-state index in [0.29, 0.717) is 12.8 Å². The highest BCUT2D eigenvalue weighted by molar-refractivity contribution is 5.70. The second-order valence-corrected chi connectivity index (χ2v) is 15.1. The summed E-state index contributed by atoms with van der Waals surface area (Å²) in [5.74, 6) is -0.683. The molecule has 0 aromatic rings. The molecule has 0 heterocycles. The molecule has 5 heteroatoms. The van der Waals surface area contributed by atoms with Crippen LogP contribution in [0.5, 0.6) is 0 Å². The number of carbonyl (C=O) groups excluding carboxylic acids is 2. The Labute approximate surface area is 334 Å². The Kier molecular flexibility index (Phi) is 43.0. The number of hydrogen-bond donors (Lipinski definition) is 1. The smallest absolute Gasteiger partial charge is 0.306 e. The number of ether oxygens (including phenoxy) is 2. The molecule has 0 amide bonds. The lowest BCUT2D eigenvalue weighted by atomic mass is 10.0. The van der Waals surface area contributed by atoms with Crippen molar-refractivity contribution in [2.45, 2.75) is 225 Å². The first-order valence-electron chi connectivity index (χ1n) is 22.8. The van der Waals surface area contributed by atoms with Gasteiger partial charge in [-0.1, -0.05) is 203 Å². The molecule has 0 fully saturated rings. The predicted molar refractivity (Wildman–Crippen MR) is 233 cm³/mol. The van der Waals surface area contributed by atoms with E-state index in [-0.39, 0.29) is 25.6 Å². The lowest BCUT2D eigenvalue weighted by molar-refractivity contribution is -0.161. The molecule has 0 aromatic carbocycles. The molecule has 0 saturated heterocycles. The van der Waals surface area contributed by atoms with Gasteiger partial charge in [-0.05, 0) is 64.2 Å². The molecule has 0 radical (unpaired) electrons. The molecule has 0 spiro atoms. The van der Waals surface area contributed by atoms with E-state index >= 15 is 0 Å². The van der Waals surface area contributed by atoms with Gasteiger partial charge in [0.25, 0.3) is 0 Å². The van der Waals surface area contributed by atoms with Crippen molar-refractivity contribution in [3.63, 3.8) is 0 Å². The Morgan fingerprint density at radius 1 is 0.444 bits per heavy atom. The number of aliphatic hydroxyl groups excluding tert-OH is 1. The summed E-state index contributed by atoms with van der Waals surface area (Å²) in [4.78, 5) is 24.3. The molecule has 0 aliphatic rings. The second kappa shape index (κ2) is 45.0. The lowest BCUT2D eigenvalue weighted by Gasteiger charge is -2.15. The fourth-order valence-electron chi connectivity index (χ4n) is 6.39. The number of rotatable bonds is 41. The minimum atomic E-state index is -0.810. The normalized spacial score (nSPS) is 12.7. The second-order valence-electron chi connectivity index (χ2n) is 15.1. The Balaban J connectivity index is 3.51. The van der Waals surface area contributed by atoms with Crippen LogP contribution in [0.15, 0.2) is 60.8 Å². The van der Waals surface area contributed by atoms with Gasteiger partial charge < -0.3 is 14.6 Å². The third-order valence-electron chi connectivity index (χ3n) is 9.81. The van der Waals surface area contributed by atoms with Gasteiger partial charge in [-0.2, -0.15) is 0 Å². The van der Waals surface area contributed by atoms with E-state index in [1.165, 1.54) is 141 Å². The summed E-state index contributed by atoms with van der Waals surface area (Å²) >= 11 is 0. The van der Waals surface area contributed by atoms with Crippen molar-refractivity contribution in [2.75, 3.05) is 13.2 Å². The quantitative estimate of drug-likeness (QED) is 0.0382. The molecule has 0 aliphatic heterocycles. The molecule has 0 rings (SSSR count). The average molecular weight is 755 g/mol. The van der Waals surface area contributed by atoms with Crippen LogP contribution in [-0.4, -0.2) is 36.4 Å². The number of hydrogen-bond acceptors (Lipinski definition) is 5. The van der Waals surface area contributed by atoms with E-state index in [2.05, 4.69) is 62.5 Å². The minimum absolute atomic E-state index is 0.0949. The lowest BCUT2D eigenvalue weighted by Crippen LogP contribution is -2.28. The highest BCUT2D eigenvalue weighted by Gasteiger charge is 2.15. The van der Waals surface area contributed by atoms with Crippen LogP contribution in [0.25, 0.3) is 0 Å². The van der Waals surface area contributed by atoms with Gasteiger partial charge in [0.15, 0.2) is 6.10 Å². The average Bonchev–Trinajstić information content (AvgIpc) is 3.17. The molecule has 1 N–H and O–H groups in total. The third kappa shape index (κ3) is 42.3. The largest absolute Gasteiger partial charge is 0.462 e. The van der Waals surface area contributed by atoms with E-state index in [0.717, 1.165) is 44.9 Å². The van der Waals surface area contributed by atoms with E-state index in [4.69, 9.17) is 9.47 Å². The van der Waals surface area contributed by atoms with Crippen LogP contribution < -0.4 is 0 Å². The van der Waals surface area contributed by atoms with Crippen molar-refractivity contribution in [3.8, 4) is 0 Å². The van der Waals surface area contributed by atoms with Crippen molar-refractivity contribution >= 4 is 11.9 Å². The summed E-state index contributed by atoms with van der Waals surface area (Å²) in [7, 11) is 0. The summed E-state index contributed by atoms with van der Waals surface area (Å²) in [6, 6.07) is 0. The van der Waals surface area contributed by atoms with Crippen molar-refractivity contribution in [1.82, 2.24) is 0 Å². The number of unbranched alkanes of at least 4 members (excludes halogenated alkanes) is 23. The monoisotopic (exact) mass is 755 g/mol. The molecule has 54 heavy (non-hydrogen) atoms. The van der Waals surface area contributed by atoms with Gasteiger partial charge in [0.2, 0.25) is 0 Å². The highest BCUT2D eigenvalue weighted by atomic mass is 16.6. The zero-order chi connectivity index (χ0) is 39.3. The maximum Gasteiger partial charge on any atom is 0.306 e. The minimum Gasteiger partial charge on any atom is -0.462 e. The summed E-state index contributed by atoms with van der Waals surface area (Å²) < 4.78 is 10.6. The topological polar surface area (TPSA) is 72.8 Å². The van der Waals surface area contributed by atoms with Crippen molar-refractivity contribution in [3.05, 3.63) is 60.8 Å². The van der Waals surface area contributed by atoms with Gasteiger partial charge in [0.05, 0.1) is 6.61 Å². The van der Waals surface area contributed by atoms with Crippen LogP contribution in [0.3, 0.4) is 0 Å². The van der Waals surface area contributed by atoms with Crippen molar-refractivity contribution in [2.24, 2.45) is 0 Å². The fourth-order valence-corrected chi connectivity index (χ4v) is 6.39. The third-order valence-corrected chi connectivity index (χ3v) is 9.81. The van der Waals surface area contributed by atoms with Gasteiger partial charge in [-0.15, -0.1) is 0 Å². The first kappa shape index (κ1) is 51.6. The summed E-state index contributed by atoms with van der Waals surface area (Å²) in [5.41, 5.74) is 0. The van der Waals surface area contributed by atoms with Crippen molar-refractivity contribution in [1.29, 1.82) is 0 Å². The van der Waals surface area contributed by atoms with Crippen LogP contribution in [0.1, 0.15) is 219 Å². The van der Waals surface area contributed by atoms with Gasteiger partial charge in [0.1, 0.15) is 6.61 Å². The summed E-state index contributed by atoms with van der Waals surface area (Å²) in [6.45, 7) is 3.97. The molecule has 0 bridgehead atoms. The Morgan fingerprint density at radius 2 is 0.833 bits per heavy atom. The van der Waals surface area contributed by atoms with Crippen LogP contribution in [-0.2, 0) is 19.1 Å². The van der Waals surface area contributed by atoms with E-state index < -0.39 is 12.1 Å². The number of aliphatic hydroxyl groups is 1. The van der Waals surface area contributed by atoms with Crippen LogP contribution in [0.4, 0.5) is 0 Å². The predicted octanol–water partition coefficient (Wildman–Crippen LogP) is 14.7. The zero-order valence-electron chi connectivity index (χ0n) is 35.5. The van der Waals surface area contributed by atoms with Gasteiger partial charge in [-0.3, -0.25) is 9.59 Å². The molecular formula is C49H86O5. The molecule has 1 atom stereocenters. The molecule has 312 valence electrons. The summed E-state index contributed by atoms with van der Waals surface area (Å²) in [6.07, 6.45) is 59.0. The van der Waals surface area contributed by atoms with E-state index in [1.54, 1.807) is 0 Å². The molecule has 1 unspecified atom stereocenters. The highest BCUT2D eigenvalue weighted by Crippen LogP contribution is 2.15. The first-order chi connectivity index (χ1) is 26.6. The van der Waals surface area contributed by atoms with Crippen LogP contribution in [0.2, 0.25) is 0 Å². The molecule has 0 saturated carbocycles. The molecular weight excluding hydrogens is 669 g/mol. The number of carbonyl (C=O) groups is 2. The first-order valence-corrected chi connectivity index (χ1v) is 22.8. The molecule has 5 nitrogen and oxygen atoms in total. The summed E-state index contributed by atoms with van der Waals surface area (Å²) in [5, 5.41) is 9.55. The fraction of sp³-hybridized carbons (Fsp3) is 0.755. The van der Waals surface area contributed by atoms with Crippen molar-refractivity contribution < 1.29 is 24.2 Å². The molecule has 0 aromatic heterocycles. The Bertz CT molecular complexity index is 946. The van der Waals surface area contributed by atoms with Gasteiger partial charge >= 0.3 is 11.9 Å². The van der Waals surface area contributed by atoms with E-state index in [9.17, 15) is 14.7 Å². The number of esters is 2. The Morgan fingerprint density at radius 3 is 1.28 bits per heavy atom. The maximum atomic E-state index is 12.1. The van der Waals surface area contributed by atoms with E-state index in [1.807, 2.05) is 12.2 Å².